The molecule has 94 valence electrons. The van der Waals surface area contributed by atoms with E-state index in [9.17, 15) is 4.79 Å². The maximum absolute atomic E-state index is 11.4. The summed E-state index contributed by atoms with van der Waals surface area (Å²) in [4.78, 5) is 15.8. The molecule has 0 amide bonds. The number of carbonyl (C=O) groups excluding carboxylic acids is 1. The molecular weight excluding hydrogens is 353 g/mol. The van der Waals surface area contributed by atoms with Gasteiger partial charge >= 0.3 is 0 Å². The molecule has 0 unspecified atom stereocenters. The van der Waals surface area contributed by atoms with E-state index >= 15 is 0 Å². The fourth-order valence-corrected chi connectivity index (χ4v) is 2.34. The van der Waals surface area contributed by atoms with Gasteiger partial charge in [-0.25, -0.2) is 9.50 Å². The largest absolute Gasteiger partial charge is 0.295 e. The Morgan fingerprint density at radius 3 is 2.89 bits per heavy atom. The molecule has 0 spiro atoms. The van der Waals surface area contributed by atoms with E-state index in [1.54, 1.807) is 17.6 Å². The number of halogens is 1. The van der Waals surface area contributed by atoms with Gasteiger partial charge in [-0.2, -0.15) is 5.10 Å². The number of imidazole rings is 1. The van der Waals surface area contributed by atoms with Gasteiger partial charge in [-0.15, -0.1) is 0 Å². The molecule has 0 saturated heterocycles. The van der Waals surface area contributed by atoms with E-state index in [-0.39, 0.29) is 5.78 Å². The quantitative estimate of drug-likeness (QED) is 0.519. The second-order valence-corrected chi connectivity index (χ2v) is 5.31. The van der Waals surface area contributed by atoms with Crippen LogP contribution in [-0.4, -0.2) is 20.4 Å². The van der Waals surface area contributed by atoms with E-state index in [1.165, 1.54) is 0 Å². The number of Topliss-reactive ketones (excluding diaryl/α,β-unsaturated/α-hetero) is 1. The van der Waals surface area contributed by atoms with Crippen LogP contribution in [0, 0.1) is 3.70 Å². The lowest BCUT2D eigenvalue weighted by Crippen LogP contribution is -1.97. The van der Waals surface area contributed by atoms with Gasteiger partial charge in [0.15, 0.2) is 11.4 Å². The molecule has 2 heterocycles. The molecule has 5 heteroatoms. The van der Waals surface area contributed by atoms with Crippen molar-refractivity contribution in [3.8, 4) is 11.3 Å². The van der Waals surface area contributed by atoms with Crippen molar-refractivity contribution < 1.29 is 4.79 Å². The summed E-state index contributed by atoms with van der Waals surface area (Å²) in [6, 6.07) is 11.3. The first-order valence-electron chi connectivity index (χ1n) is 5.77. The summed E-state index contributed by atoms with van der Waals surface area (Å²) < 4.78 is 2.69. The lowest BCUT2D eigenvalue weighted by Gasteiger charge is -2.03. The lowest BCUT2D eigenvalue weighted by atomic mass is 10.1. The molecule has 3 aromatic rings. The van der Waals surface area contributed by atoms with Gasteiger partial charge in [0.25, 0.3) is 0 Å². The molecule has 0 saturated carbocycles. The smallest absolute Gasteiger partial charge is 0.159 e. The zero-order valence-electron chi connectivity index (χ0n) is 10.2. The molecule has 0 N–H and O–H groups in total. The van der Waals surface area contributed by atoms with Crippen LogP contribution in [0.25, 0.3) is 16.9 Å². The minimum atomic E-state index is 0.0539. The van der Waals surface area contributed by atoms with Crippen molar-refractivity contribution >= 4 is 34.0 Å². The summed E-state index contributed by atoms with van der Waals surface area (Å²) in [7, 11) is 0. The van der Waals surface area contributed by atoms with Crippen molar-refractivity contribution in [3.63, 3.8) is 0 Å². The summed E-state index contributed by atoms with van der Waals surface area (Å²) in [6.07, 6.45) is 1.78. The Morgan fingerprint density at radius 2 is 2.11 bits per heavy atom. The van der Waals surface area contributed by atoms with E-state index in [1.807, 2.05) is 36.4 Å². The summed E-state index contributed by atoms with van der Waals surface area (Å²) in [6.45, 7) is 1.56. The molecule has 0 aliphatic heterocycles. The lowest BCUT2D eigenvalue weighted by molar-refractivity contribution is 0.101. The molecule has 0 atom stereocenters. The fraction of sp³-hybridized carbons (Fsp3) is 0.0714. The van der Waals surface area contributed by atoms with Crippen LogP contribution in [0.4, 0.5) is 0 Å². The highest BCUT2D eigenvalue weighted by molar-refractivity contribution is 14.1. The first kappa shape index (κ1) is 12.3. The maximum Gasteiger partial charge on any atom is 0.159 e. The van der Waals surface area contributed by atoms with Crippen molar-refractivity contribution in [3.05, 3.63) is 51.9 Å². The highest BCUT2D eigenvalue weighted by atomic mass is 127. The van der Waals surface area contributed by atoms with E-state index < -0.39 is 0 Å². The first-order chi connectivity index (χ1) is 9.15. The minimum absolute atomic E-state index is 0.0539. The molecular formula is C14H10IN3O. The topological polar surface area (TPSA) is 47.3 Å². The highest BCUT2D eigenvalue weighted by Gasteiger charge is 2.09. The van der Waals surface area contributed by atoms with Gasteiger partial charge in [0.2, 0.25) is 0 Å². The van der Waals surface area contributed by atoms with E-state index in [4.69, 9.17) is 0 Å². The number of ketones is 1. The Kier molecular flexibility index (Phi) is 3.06. The molecule has 1 aromatic carbocycles. The van der Waals surface area contributed by atoms with Gasteiger partial charge in [-0.05, 0) is 47.7 Å². The molecule has 0 radical (unpaired) electrons. The molecule has 0 fully saturated rings. The Hall–Kier alpha value is -1.76. The highest BCUT2D eigenvalue weighted by Crippen LogP contribution is 2.21. The number of aromatic nitrogens is 3. The maximum atomic E-state index is 11.4. The Balaban J connectivity index is 2.21. The van der Waals surface area contributed by atoms with Crippen molar-refractivity contribution in [1.29, 1.82) is 0 Å². The van der Waals surface area contributed by atoms with Crippen LogP contribution in [-0.2, 0) is 0 Å². The number of fused-ring (bicyclic) bond motifs is 1. The number of rotatable bonds is 2. The predicted molar refractivity (Wildman–Crippen MR) is 81.1 cm³/mol. The molecule has 0 aliphatic rings. The second-order valence-electron chi connectivity index (χ2n) is 4.21. The summed E-state index contributed by atoms with van der Waals surface area (Å²) in [5, 5.41) is 4.44. The number of hydrogen-bond acceptors (Lipinski definition) is 3. The van der Waals surface area contributed by atoms with Crippen LogP contribution < -0.4 is 0 Å². The van der Waals surface area contributed by atoms with E-state index in [0.717, 1.165) is 20.6 Å². The van der Waals surface area contributed by atoms with Crippen LogP contribution in [0.3, 0.4) is 0 Å². The molecule has 19 heavy (non-hydrogen) atoms. The van der Waals surface area contributed by atoms with Crippen molar-refractivity contribution in [2.24, 2.45) is 0 Å². The Morgan fingerprint density at radius 1 is 1.26 bits per heavy atom. The Labute approximate surface area is 123 Å². The van der Waals surface area contributed by atoms with Gasteiger partial charge in [-0.3, -0.25) is 4.79 Å². The third-order valence-corrected chi connectivity index (χ3v) is 3.47. The van der Waals surface area contributed by atoms with Crippen LogP contribution >= 0.6 is 22.6 Å². The van der Waals surface area contributed by atoms with Crippen molar-refractivity contribution in [2.45, 2.75) is 6.92 Å². The van der Waals surface area contributed by atoms with Crippen LogP contribution in [0.2, 0.25) is 0 Å². The number of hydrogen-bond donors (Lipinski definition) is 0. The molecule has 2 aromatic heterocycles. The van der Waals surface area contributed by atoms with Gasteiger partial charge in [-0.1, -0.05) is 18.2 Å². The van der Waals surface area contributed by atoms with Crippen molar-refractivity contribution in [2.75, 3.05) is 0 Å². The second kappa shape index (κ2) is 4.73. The third-order valence-electron chi connectivity index (χ3n) is 2.89. The molecule has 0 aliphatic carbocycles. The molecule has 3 rings (SSSR count). The van der Waals surface area contributed by atoms with Crippen LogP contribution in [0.5, 0.6) is 0 Å². The number of nitrogens with zero attached hydrogens (tertiary/aromatic N) is 3. The minimum Gasteiger partial charge on any atom is -0.295 e. The SMILES string of the molecule is CC(=O)c1cccc(-c2cnc3ccc(I)nn23)c1. The zero-order chi connectivity index (χ0) is 13.4. The summed E-state index contributed by atoms with van der Waals surface area (Å²) >= 11 is 2.16. The third kappa shape index (κ3) is 2.25. The summed E-state index contributed by atoms with van der Waals surface area (Å²) in [5.74, 6) is 0.0539. The normalized spacial score (nSPS) is 10.8. The average molecular weight is 363 g/mol. The predicted octanol–water partition coefficient (Wildman–Crippen LogP) is 3.20. The van der Waals surface area contributed by atoms with E-state index in [2.05, 4.69) is 32.7 Å². The Bertz CT molecular complexity index is 779. The van der Waals surface area contributed by atoms with Gasteiger partial charge in [0.05, 0.1) is 11.9 Å². The molecule has 0 bridgehead atoms. The van der Waals surface area contributed by atoms with Gasteiger partial charge in [0.1, 0.15) is 3.70 Å². The molecule has 4 nitrogen and oxygen atoms in total. The fourth-order valence-electron chi connectivity index (χ4n) is 1.95. The monoisotopic (exact) mass is 363 g/mol. The van der Waals surface area contributed by atoms with Gasteiger partial charge in [0, 0.05) is 11.1 Å². The summed E-state index contributed by atoms with van der Waals surface area (Å²) in [5.41, 5.74) is 3.31. The first-order valence-corrected chi connectivity index (χ1v) is 6.85. The van der Waals surface area contributed by atoms with Gasteiger partial charge < -0.3 is 0 Å². The van der Waals surface area contributed by atoms with Crippen LogP contribution in [0.1, 0.15) is 17.3 Å². The number of carbonyl (C=O) groups is 1. The standard InChI is InChI=1S/C14H10IN3O/c1-9(19)10-3-2-4-11(7-10)12-8-16-14-6-5-13(15)17-18(12)14/h2-8H,1H3. The zero-order valence-corrected chi connectivity index (χ0v) is 12.3. The van der Waals surface area contributed by atoms with Crippen molar-refractivity contribution in [1.82, 2.24) is 14.6 Å². The van der Waals surface area contributed by atoms with E-state index in [0.29, 0.717) is 5.56 Å². The van der Waals surface area contributed by atoms with Crippen LogP contribution in [0.15, 0.2) is 42.6 Å². The number of benzene rings is 1. The average Bonchev–Trinajstić information content (AvgIpc) is 2.81.